The second kappa shape index (κ2) is 4.20. The molecule has 3 heteroatoms. The molecule has 4 atom stereocenters. The average molecular weight is 262 g/mol. The molecule has 3 aliphatic rings. The second-order valence-corrected chi connectivity index (χ2v) is 7.03. The Morgan fingerprint density at radius 1 is 1.47 bits per heavy atom. The highest BCUT2D eigenvalue weighted by atomic mass is 16.4. The van der Waals surface area contributed by atoms with E-state index in [4.69, 9.17) is 5.11 Å². The normalized spacial score (nSPS) is 43.8. The van der Waals surface area contributed by atoms with Crippen LogP contribution in [0.3, 0.4) is 0 Å². The molecule has 3 aliphatic carbocycles. The second-order valence-electron chi connectivity index (χ2n) is 7.03. The van der Waals surface area contributed by atoms with Gasteiger partial charge in [-0.3, -0.25) is 4.79 Å². The smallest absolute Gasteiger partial charge is 0.307 e. The van der Waals surface area contributed by atoms with Crippen LogP contribution in [0, 0.1) is 17.3 Å². The summed E-state index contributed by atoms with van der Waals surface area (Å²) in [6.45, 7) is 2.19. The summed E-state index contributed by atoms with van der Waals surface area (Å²) in [5, 5.41) is 19.4. The molecule has 19 heavy (non-hydrogen) atoms. The van der Waals surface area contributed by atoms with E-state index in [2.05, 4.69) is 13.0 Å². The highest BCUT2D eigenvalue weighted by Gasteiger charge is 2.55. The fourth-order valence-electron chi connectivity index (χ4n) is 4.46. The van der Waals surface area contributed by atoms with Gasteiger partial charge in [-0.25, -0.2) is 0 Å². The molecule has 0 aromatic carbocycles. The first-order chi connectivity index (χ1) is 8.89. The van der Waals surface area contributed by atoms with Crippen LogP contribution in [0.2, 0.25) is 0 Å². The van der Waals surface area contributed by atoms with Crippen LogP contribution in [0.1, 0.15) is 45.4 Å². The molecule has 0 amide bonds. The molecule has 0 aromatic heterocycles. The Hall–Kier alpha value is -1.09. The van der Waals surface area contributed by atoms with Gasteiger partial charge in [-0.05, 0) is 49.4 Å². The van der Waals surface area contributed by atoms with Gasteiger partial charge in [0.05, 0.1) is 12.0 Å². The molecule has 3 nitrogen and oxygen atoms in total. The van der Waals surface area contributed by atoms with Crippen LogP contribution in [0.5, 0.6) is 0 Å². The summed E-state index contributed by atoms with van der Waals surface area (Å²) in [4.78, 5) is 10.5. The molecule has 2 N–H and O–H groups in total. The van der Waals surface area contributed by atoms with E-state index < -0.39 is 11.6 Å². The number of carbonyl (C=O) groups is 1. The summed E-state index contributed by atoms with van der Waals surface area (Å²) in [7, 11) is 0. The fraction of sp³-hybridized carbons (Fsp3) is 0.688. The van der Waals surface area contributed by atoms with Gasteiger partial charge in [0.1, 0.15) is 0 Å². The van der Waals surface area contributed by atoms with Crippen LogP contribution in [-0.2, 0) is 4.79 Å². The lowest BCUT2D eigenvalue weighted by Gasteiger charge is -2.39. The van der Waals surface area contributed by atoms with Crippen LogP contribution in [0.15, 0.2) is 23.8 Å². The summed E-state index contributed by atoms with van der Waals surface area (Å²) >= 11 is 0. The third kappa shape index (κ3) is 2.36. The molecule has 104 valence electrons. The summed E-state index contributed by atoms with van der Waals surface area (Å²) in [6.07, 6.45) is 10.9. The Kier molecular flexibility index (Phi) is 2.86. The minimum absolute atomic E-state index is 0.0147. The van der Waals surface area contributed by atoms with Gasteiger partial charge >= 0.3 is 5.97 Å². The molecular weight excluding hydrogens is 240 g/mol. The first kappa shape index (κ1) is 12.9. The summed E-state index contributed by atoms with van der Waals surface area (Å²) < 4.78 is 0. The van der Waals surface area contributed by atoms with E-state index in [1.54, 1.807) is 6.08 Å². The Labute approximate surface area is 114 Å². The SMILES string of the molecule is CC1(CC=CCC(=O)O)C=C2CC3CC(O)(CC23)C1. The maximum absolute atomic E-state index is 10.7. The van der Waals surface area contributed by atoms with Gasteiger partial charge in [-0.2, -0.15) is 0 Å². The van der Waals surface area contributed by atoms with E-state index in [-0.39, 0.29) is 11.8 Å². The predicted molar refractivity (Wildman–Crippen MR) is 72.6 cm³/mol. The molecule has 0 aromatic rings. The van der Waals surface area contributed by atoms with Crippen LogP contribution in [-0.4, -0.2) is 21.8 Å². The Balaban J connectivity index is 1.73. The number of hydrogen-bond acceptors (Lipinski definition) is 2. The molecule has 0 radical (unpaired) electrons. The van der Waals surface area contributed by atoms with Crippen molar-refractivity contribution in [1.29, 1.82) is 0 Å². The first-order valence-electron chi connectivity index (χ1n) is 7.20. The van der Waals surface area contributed by atoms with Gasteiger partial charge < -0.3 is 10.2 Å². The van der Waals surface area contributed by atoms with Crippen molar-refractivity contribution in [3.8, 4) is 0 Å². The van der Waals surface area contributed by atoms with Crippen molar-refractivity contribution >= 4 is 5.97 Å². The largest absolute Gasteiger partial charge is 0.481 e. The summed E-state index contributed by atoms with van der Waals surface area (Å²) in [5.41, 5.74) is 1.03. The van der Waals surface area contributed by atoms with Crippen molar-refractivity contribution in [2.24, 2.45) is 17.3 Å². The van der Waals surface area contributed by atoms with Crippen LogP contribution in [0.25, 0.3) is 0 Å². The van der Waals surface area contributed by atoms with Gasteiger partial charge in [-0.1, -0.05) is 30.7 Å². The van der Waals surface area contributed by atoms with Gasteiger partial charge in [0, 0.05) is 0 Å². The molecule has 4 unspecified atom stereocenters. The van der Waals surface area contributed by atoms with Crippen molar-refractivity contribution in [3.05, 3.63) is 23.8 Å². The van der Waals surface area contributed by atoms with Crippen molar-refractivity contribution in [1.82, 2.24) is 0 Å². The third-order valence-corrected chi connectivity index (χ3v) is 5.10. The van der Waals surface area contributed by atoms with E-state index in [0.717, 1.165) is 31.6 Å². The first-order valence-corrected chi connectivity index (χ1v) is 7.20. The highest BCUT2D eigenvalue weighted by Crippen LogP contribution is 2.61. The lowest BCUT2D eigenvalue weighted by atomic mass is 9.66. The van der Waals surface area contributed by atoms with Crippen molar-refractivity contribution in [2.45, 2.75) is 51.0 Å². The monoisotopic (exact) mass is 262 g/mol. The van der Waals surface area contributed by atoms with Crippen LogP contribution >= 0.6 is 0 Å². The topological polar surface area (TPSA) is 57.5 Å². The lowest BCUT2D eigenvalue weighted by molar-refractivity contribution is -0.136. The summed E-state index contributed by atoms with van der Waals surface area (Å²) in [5.74, 6) is 0.568. The number of fused-ring (bicyclic) bond motifs is 1. The average Bonchev–Trinajstić information content (AvgIpc) is 2.49. The van der Waals surface area contributed by atoms with Gasteiger partial charge in [0.2, 0.25) is 0 Å². The maximum atomic E-state index is 10.7. The van der Waals surface area contributed by atoms with Gasteiger partial charge in [0.25, 0.3) is 0 Å². The molecule has 0 saturated heterocycles. The molecule has 3 rings (SSSR count). The minimum atomic E-state index is -0.792. The van der Waals surface area contributed by atoms with E-state index in [0.29, 0.717) is 5.92 Å². The van der Waals surface area contributed by atoms with Crippen molar-refractivity contribution < 1.29 is 15.0 Å². The molecule has 2 bridgehead atoms. The molecule has 0 aliphatic heterocycles. The number of allylic oxidation sites excluding steroid dienone is 3. The predicted octanol–water partition coefficient (Wildman–Crippen LogP) is 2.90. The zero-order valence-corrected chi connectivity index (χ0v) is 11.4. The molecule has 2 saturated carbocycles. The van der Waals surface area contributed by atoms with E-state index in [9.17, 15) is 9.90 Å². The van der Waals surface area contributed by atoms with E-state index >= 15 is 0 Å². The number of carboxylic acids is 1. The lowest BCUT2D eigenvalue weighted by Crippen LogP contribution is -2.33. The van der Waals surface area contributed by atoms with E-state index in [1.165, 1.54) is 12.0 Å². The van der Waals surface area contributed by atoms with Crippen LogP contribution in [0.4, 0.5) is 0 Å². The molecule has 0 heterocycles. The molecule has 2 fully saturated rings. The van der Waals surface area contributed by atoms with Crippen LogP contribution < -0.4 is 0 Å². The van der Waals surface area contributed by atoms with Gasteiger partial charge in [-0.15, -0.1) is 0 Å². The Morgan fingerprint density at radius 3 is 3.00 bits per heavy atom. The van der Waals surface area contributed by atoms with Crippen molar-refractivity contribution in [2.75, 3.05) is 0 Å². The minimum Gasteiger partial charge on any atom is -0.481 e. The zero-order chi connectivity index (χ0) is 13.7. The number of rotatable bonds is 4. The number of carboxylic acid groups (broad SMARTS) is 1. The van der Waals surface area contributed by atoms with Crippen molar-refractivity contribution in [3.63, 3.8) is 0 Å². The third-order valence-electron chi connectivity index (χ3n) is 5.10. The molecule has 0 spiro atoms. The van der Waals surface area contributed by atoms with E-state index in [1.807, 2.05) is 6.08 Å². The maximum Gasteiger partial charge on any atom is 0.307 e. The Bertz CT molecular complexity index is 465. The highest BCUT2D eigenvalue weighted by molar-refractivity contribution is 5.68. The number of aliphatic carboxylic acids is 1. The standard InChI is InChI=1S/C16H22O3/c1-15(5-3-2-4-14(17)18)7-11-6-12-8-16(19,10-15)9-13(11)12/h2-3,7,12-13,19H,4-6,8-10H2,1H3,(H,17,18). The Morgan fingerprint density at radius 2 is 2.26 bits per heavy atom. The quantitative estimate of drug-likeness (QED) is 0.766. The van der Waals surface area contributed by atoms with Gasteiger partial charge in [0.15, 0.2) is 0 Å². The zero-order valence-electron chi connectivity index (χ0n) is 11.4. The number of hydrogen-bond donors (Lipinski definition) is 2. The molecular formula is C16H22O3. The summed E-state index contributed by atoms with van der Waals surface area (Å²) in [6, 6.07) is 0. The number of aliphatic hydroxyl groups is 1. The fourth-order valence-corrected chi connectivity index (χ4v) is 4.46.